The Morgan fingerprint density at radius 1 is 1.20 bits per heavy atom. The van der Waals surface area contributed by atoms with E-state index in [4.69, 9.17) is 34.8 Å². The number of alkyl halides is 3. The lowest BCUT2D eigenvalue weighted by Crippen LogP contribution is -2.68. The highest BCUT2D eigenvalue weighted by atomic mass is 79.9. The summed E-state index contributed by atoms with van der Waals surface area (Å²) in [6.07, 6.45) is 3.59. The van der Waals surface area contributed by atoms with Crippen LogP contribution in [0, 0.1) is 0 Å². The summed E-state index contributed by atoms with van der Waals surface area (Å²) in [5.74, 6) is -1.06. The van der Waals surface area contributed by atoms with Gasteiger partial charge >= 0.3 is 0 Å². The predicted molar refractivity (Wildman–Crippen MR) is 139 cm³/mol. The van der Waals surface area contributed by atoms with Crippen LogP contribution in [0.4, 0.5) is 0 Å². The van der Waals surface area contributed by atoms with E-state index in [1.807, 2.05) is 30.3 Å². The molecule has 0 spiro atoms. The monoisotopic (exact) mass is 619 g/mol. The maximum absolute atomic E-state index is 12.7. The number of aromatic carboxylic acids is 1. The van der Waals surface area contributed by atoms with E-state index in [1.165, 1.54) is 12.1 Å². The number of halogens is 4. The fourth-order valence-electron chi connectivity index (χ4n) is 3.89. The van der Waals surface area contributed by atoms with Gasteiger partial charge in [0, 0.05) is 35.2 Å². The van der Waals surface area contributed by atoms with E-state index in [9.17, 15) is 19.5 Å². The average Bonchev–Trinajstić information content (AvgIpc) is 2.78. The fraction of sp³-hybridized carbons (Fsp3) is 0.304. The molecular formula is C23H21BrCl3N3O4S. The van der Waals surface area contributed by atoms with Crippen LogP contribution >= 0.6 is 63.5 Å². The Labute approximate surface area is 232 Å². The topological polar surface area (TPSA) is 93.4 Å². The number of nitrogens with zero attached hydrogens (tertiary/aromatic N) is 2. The van der Waals surface area contributed by atoms with Gasteiger partial charge in [0.1, 0.15) is 11.4 Å². The smallest absolute Gasteiger partial charge is 0.253 e. The van der Waals surface area contributed by atoms with Crippen LogP contribution in [-0.2, 0) is 29.0 Å². The molecule has 1 N–H and O–H groups in total. The summed E-state index contributed by atoms with van der Waals surface area (Å²) in [5.41, 5.74) is 2.31. The molecule has 2 atom stereocenters. The molecule has 2 amide bonds. The van der Waals surface area contributed by atoms with Gasteiger partial charge in [0.2, 0.25) is 5.91 Å². The van der Waals surface area contributed by atoms with Gasteiger partial charge < -0.3 is 20.1 Å². The number of aromatic nitrogens is 1. The number of carbonyl (C=O) groups is 3. The molecule has 2 aromatic rings. The summed E-state index contributed by atoms with van der Waals surface area (Å²) >= 11 is 19.4. The quantitative estimate of drug-likeness (QED) is 0.291. The number of carboxylic acids is 1. The first-order valence-corrected chi connectivity index (χ1v) is 12.6. The Morgan fingerprint density at radius 3 is 2.57 bits per heavy atom. The molecule has 0 unspecified atom stereocenters. The highest BCUT2D eigenvalue weighted by Crippen LogP contribution is 2.36. The summed E-state index contributed by atoms with van der Waals surface area (Å²) in [5, 5.41) is 13.9. The van der Waals surface area contributed by atoms with Crippen molar-refractivity contribution in [2.45, 2.75) is 34.6 Å². The minimum absolute atomic E-state index is 0. The lowest BCUT2D eigenvalue weighted by Gasteiger charge is -2.47. The van der Waals surface area contributed by atoms with Crippen molar-refractivity contribution < 1.29 is 24.1 Å². The second-order valence-corrected chi connectivity index (χ2v) is 11.7. The molecule has 7 nitrogen and oxygen atoms in total. The summed E-state index contributed by atoms with van der Waals surface area (Å²) in [7, 11) is 0. The van der Waals surface area contributed by atoms with E-state index >= 15 is 0 Å². The van der Waals surface area contributed by atoms with Gasteiger partial charge in [-0.3, -0.25) is 9.59 Å². The number of fused-ring (bicyclic) bond motifs is 1. The maximum Gasteiger partial charge on any atom is 0.253 e. The van der Waals surface area contributed by atoms with Crippen LogP contribution in [0.25, 0.3) is 0 Å². The van der Waals surface area contributed by atoms with Crippen molar-refractivity contribution in [2.24, 2.45) is 0 Å². The molecule has 12 heteroatoms. The number of nitrogens with one attached hydrogen (secondary N) is 1. The molecule has 4 rings (SSSR count). The van der Waals surface area contributed by atoms with Crippen LogP contribution in [0.5, 0.6) is 0 Å². The van der Waals surface area contributed by atoms with Crippen molar-refractivity contribution in [3.05, 3.63) is 77.3 Å². The number of carbonyl (C=O) groups excluding carboxylic acids is 3. The molecule has 186 valence electrons. The van der Waals surface area contributed by atoms with E-state index in [1.54, 1.807) is 33.6 Å². The summed E-state index contributed by atoms with van der Waals surface area (Å²) in [6, 6.07) is 11.6. The normalized spacial score (nSPS) is 19.1. The fourth-order valence-corrected chi connectivity index (χ4v) is 5.55. The number of benzene rings is 1. The lowest BCUT2D eigenvalue weighted by molar-refractivity contribution is -0.696. The van der Waals surface area contributed by atoms with Gasteiger partial charge in [0.15, 0.2) is 22.2 Å². The van der Waals surface area contributed by atoms with Crippen molar-refractivity contribution in [3.8, 4) is 0 Å². The van der Waals surface area contributed by atoms with Crippen molar-refractivity contribution in [1.29, 1.82) is 0 Å². The maximum atomic E-state index is 12.7. The van der Waals surface area contributed by atoms with Gasteiger partial charge in [-0.05, 0) is 5.56 Å². The van der Waals surface area contributed by atoms with Gasteiger partial charge in [0.05, 0.1) is 18.8 Å². The Kier molecular flexibility index (Phi) is 9.15. The summed E-state index contributed by atoms with van der Waals surface area (Å²) in [4.78, 5) is 37.9. The second kappa shape index (κ2) is 11.5. The highest BCUT2D eigenvalue weighted by Gasteiger charge is 2.49. The molecule has 0 radical (unpaired) electrons. The van der Waals surface area contributed by atoms with Crippen LogP contribution in [0.3, 0.4) is 0 Å². The predicted octanol–water partition coefficient (Wildman–Crippen LogP) is 2.35. The van der Waals surface area contributed by atoms with E-state index in [-0.39, 0.29) is 52.6 Å². The standard InChI is InChI=1S/C23H20Cl3N3O4S.BrH/c24-23(25,26)10-17-9-16(22(32)33)6-7-28(17)11-15-12-29-20(31)19(21(29)34-13-15)27-18(30)8-14-4-2-1-3-5-14;/h1-7,9,12,19,21H,8,10-11,13H2,(H-,27,30,32,33);1H/t19-,21+;/m1./s1. The number of rotatable bonds is 7. The number of hydrogen-bond acceptors (Lipinski definition) is 5. The van der Waals surface area contributed by atoms with E-state index in [0.29, 0.717) is 18.0 Å². The Morgan fingerprint density at radius 2 is 1.91 bits per heavy atom. The Hall–Kier alpha value is -1.78. The minimum atomic E-state index is -1.61. The van der Waals surface area contributed by atoms with Crippen molar-refractivity contribution in [2.75, 3.05) is 5.75 Å². The van der Waals surface area contributed by atoms with Crippen LogP contribution in [0.1, 0.15) is 21.6 Å². The molecule has 0 saturated carbocycles. The number of thioether (sulfide) groups is 1. The number of carboxylic acid groups (broad SMARTS) is 1. The average molecular weight is 622 g/mol. The third kappa shape index (κ3) is 6.92. The lowest BCUT2D eigenvalue weighted by atomic mass is 10.1. The Bertz CT molecular complexity index is 1160. The highest BCUT2D eigenvalue weighted by molar-refractivity contribution is 8.93. The molecule has 0 bridgehead atoms. The first-order valence-electron chi connectivity index (χ1n) is 10.4. The van der Waals surface area contributed by atoms with Gasteiger partial charge in [-0.25, -0.2) is 0 Å². The van der Waals surface area contributed by atoms with Gasteiger partial charge in [-0.2, -0.15) is 4.57 Å². The van der Waals surface area contributed by atoms with Crippen molar-refractivity contribution in [1.82, 2.24) is 10.2 Å². The van der Waals surface area contributed by atoms with Crippen LogP contribution in [0.2, 0.25) is 0 Å². The van der Waals surface area contributed by atoms with Crippen LogP contribution in [0.15, 0.2) is 60.4 Å². The van der Waals surface area contributed by atoms with Crippen LogP contribution < -0.4 is 15.0 Å². The minimum Gasteiger partial charge on any atom is -0.545 e. The first-order chi connectivity index (χ1) is 16.1. The molecule has 1 aromatic carbocycles. The van der Waals surface area contributed by atoms with Gasteiger partial charge in [-0.1, -0.05) is 65.1 Å². The molecule has 3 heterocycles. The molecular weight excluding hydrogens is 601 g/mol. The number of amides is 2. The molecule has 1 aromatic heterocycles. The number of β-lactam (4-membered cyclic amide) rings is 1. The SMILES string of the molecule is Br.O=C(Cc1ccccc1)N[C@@H]1C(=O)N2C=C(C[n+]3ccc(C(=O)[O-])cc3CC(Cl)(Cl)Cl)CS[C@@H]12. The zero-order chi connectivity index (χ0) is 24.5. The van der Waals surface area contributed by atoms with Crippen molar-refractivity contribution >= 4 is 81.3 Å². The molecule has 2 aliphatic heterocycles. The van der Waals surface area contributed by atoms with E-state index < -0.39 is 15.8 Å². The zero-order valence-corrected chi connectivity index (χ0v) is 23.0. The largest absolute Gasteiger partial charge is 0.545 e. The molecule has 35 heavy (non-hydrogen) atoms. The van der Waals surface area contributed by atoms with E-state index in [2.05, 4.69) is 5.32 Å². The molecule has 2 aliphatic rings. The van der Waals surface area contributed by atoms with E-state index in [0.717, 1.165) is 11.1 Å². The third-order valence-electron chi connectivity index (χ3n) is 5.48. The molecule has 0 aliphatic carbocycles. The summed E-state index contributed by atoms with van der Waals surface area (Å²) < 4.78 is 0.177. The number of pyridine rings is 1. The Balaban J connectivity index is 0.00000342. The molecule has 1 fully saturated rings. The second-order valence-electron chi connectivity index (χ2n) is 8.06. The van der Waals surface area contributed by atoms with Crippen LogP contribution in [-0.4, -0.2) is 43.6 Å². The van der Waals surface area contributed by atoms with Crippen molar-refractivity contribution in [3.63, 3.8) is 0 Å². The number of hydrogen-bond donors (Lipinski definition) is 1. The third-order valence-corrected chi connectivity index (χ3v) is 7.26. The van der Waals surface area contributed by atoms with Gasteiger partial charge in [-0.15, -0.1) is 28.7 Å². The van der Waals surface area contributed by atoms with Gasteiger partial charge in [0.25, 0.3) is 5.91 Å². The zero-order valence-electron chi connectivity index (χ0n) is 18.2. The summed E-state index contributed by atoms with van der Waals surface area (Å²) in [6.45, 7) is 0.387. The molecule has 1 saturated heterocycles. The first kappa shape index (κ1) is 27.8.